The molecule has 1 heterocycles. The highest BCUT2D eigenvalue weighted by Crippen LogP contribution is 2.35. The fourth-order valence-electron chi connectivity index (χ4n) is 1.47. The molecule has 0 radical (unpaired) electrons. The van der Waals surface area contributed by atoms with Crippen LogP contribution in [0.25, 0.3) is 0 Å². The molecule has 2 aromatic rings. The molecule has 0 aliphatic rings. The Bertz CT molecular complexity index is 508. The Morgan fingerprint density at radius 2 is 1.83 bits per heavy atom. The van der Waals surface area contributed by atoms with Gasteiger partial charge in [-0.1, -0.05) is 22.0 Å². The predicted molar refractivity (Wildman–Crippen MR) is 83.0 cm³/mol. The second-order valence-corrected chi connectivity index (χ2v) is 5.94. The molecule has 18 heavy (non-hydrogen) atoms. The summed E-state index contributed by atoms with van der Waals surface area (Å²) in [5.74, 6) is 0.809. The first-order chi connectivity index (χ1) is 8.70. The topological polar surface area (TPSA) is 22.1 Å². The monoisotopic (exact) mass is 433 g/mol. The van der Waals surface area contributed by atoms with Gasteiger partial charge in [0.15, 0.2) is 0 Å². The van der Waals surface area contributed by atoms with Crippen molar-refractivity contribution in [3.63, 3.8) is 0 Å². The van der Waals surface area contributed by atoms with Crippen LogP contribution in [0.3, 0.4) is 0 Å². The van der Waals surface area contributed by atoms with Crippen LogP contribution >= 0.6 is 47.8 Å². The first-order valence-electron chi connectivity index (χ1n) is 5.26. The smallest absolute Gasteiger partial charge is 0.148 e. The van der Waals surface area contributed by atoms with Crippen molar-refractivity contribution in [2.45, 2.75) is 11.9 Å². The van der Waals surface area contributed by atoms with Crippen molar-refractivity contribution in [2.75, 3.05) is 0 Å². The van der Waals surface area contributed by atoms with Gasteiger partial charge in [0.05, 0.1) is 8.95 Å². The number of halogens is 3. The number of pyridine rings is 1. The average molecular weight is 436 g/mol. The van der Waals surface area contributed by atoms with Crippen LogP contribution in [0, 0.1) is 0 Å². The summed E-state index contributed by atoms with van der Waals surface area (Å²) in [6.45, 7) is 0.499. The first kappa shape index (κ1) is 14.0. The molecule has 1 aromatic heterocycles. The Kier molecular flexibility index (Phi) is 5.21. The van der Waals surface area contributed by atoms with Crippen molar-refractivity contribution in [3.05, 3.63) is 56.7 Å². The molecule has 0 aliphatic carbocycles. The minimum Gasteiger partial charge on any atom is -0.486 e. The van der Waals surface area contributed by atoms with Gasteiger partial charge in [0.25, 0.3) is 0 Å². The normalized spacial score (nSPS) is 10.4. The number of alkyl halides is 1. The quantitative estimate of drug-likeness (QED) is 0.625. The number of nitrogens with zero attached hydrogens (tertiary/aromatic N) is 1. The molecule has 0 saturated heterocycles. The maximum atomic E-state index is 5.80. The maximum Gasteiger partial charge on any atom is 0.148 e. The molecule has 94 valence electrons. The molecular formula is C13H10Br3NO. The zero-order valence-electron chi connectivity index (χ0n) is 9.37. The van der Waals surface area contributed by atoms with Crippen molar-refractivity contribution >= 4 is 47.8 Å². The average Bonchev–Trinajstić information content (AvgIpc) is 2.38. The predicted octanol–water partition coefficient (Wildman–Crippen LogP) is 5.08. The molecule has 0 amide bonds. The Hall–Kier alpha value is -0.390. The van der Waals surface area contributed by atoms with Gasteiger partial charge in [-0.15, -0.1) is 0 Å². The van der Waals surface area contributed by atoms with Gasteiger partial charge in [-0.05, 0) is 55.6 Å². The number of aromatic nitrogens is 1. The van der Waals surface area contributed by atoms with Gasteiger partial charge in [0, 0.05) is 23.3 Å². The van der Waals surface area contributed by atoms with E-state index in [1.807, 2.05) is 24.3 Å². The van der Waals surface area contributed by atoms with Crippen LogP contribution in [0.4, 0.5) is 0 Å². The van der Waals surface area contributed by atoms with Gasteiger partial charge in [-0.25, -0.2) is 0 Å². The van der Waals surface area contributed by atoms with Crippen LogP contribution in [0.5, 0.6) is 5.75 Å². The third-order valence-corrected chi connectivity index (χ3v) is 4.14. The lowest BCUT2D eigenvalue weighted by Gasteiger charge is -2.11. The van der Waals surface area contributed by atoms with E-state index in [1.54, 1.807) is 12.4 Å². The molecule has 0 unspecified atom stereocenters. The molecule has 2 rings (SSSR count). The Morgan fingerprint density at radius 3 is 2.39 bits per heavy atom. The highest BCUT2D eigenvalue weighted by Gasteiger charge is 2.09. The van der Waals surface area contributed by atoms with E-state index < -0.39 is 0 Å². The highest BCUT2D eigenvalue weighted by molar-refractivity contribution is 9.11. The largest absolute Gasteiger partial charge is 0.486 e. The summed E-state index contributed by atoms with van der Waals surface area (Å²) < 4.78 is 7.68. The van der Waals surface area contributed by atoms with Gasteiger partial charge in [-0.3, -0.25) is 4.98 Å². The van der Waals surface area contributed by atoms with E-state index in [1.165, 1.54) is 5.56 Å². The second-order valence-electron chi connectivity index (χ2n) is 3.67. The fourth-order valence-corrected chi connectivity index (χ4v) is 3.30. The highest BCUT2D eigenvalue weighted by atomic mass is 79.9. The molecule has 2 nitrogen and oxygen atoms in total. The standard InChI is InChI=1S/C13H10Br3NO/c14-6-10-4-11(15)13(12(16)5-10)18-8-9-2-1-3-17-7-9/h1-5,7H,6,8H2. The van der Waals surface area contributed by atoms with Crippen LogP contribution in [-0.4, -0.2) is 4.98 Å². The number of hydrogen-bond acceptors (Lipinski definition) is 2. The lowest BCUT2D eigenvalue weighted by molar-refractivity contribution is 0.301. The molecule has 0 bridgehead atoms. The third kappa shape index (κ3) is 3.56. The SMILES string of the molecule is BrCc1cc(Br)c(OCc2cccnc2)c(Br)c1. The molecule has 0 atom stereocenters. The summed E-state index contributed by atoms with van der Waals surface area (Å²) in [5, 5.41) is 0.813. The summed E-state index contributed by atoms with van der Waals surface area (Å²) in [6.07, 6.45) is 3.55. The molecule has 0 aliphatic heterocycles. The number of benzene rings is 1. The maximum absolute atomic E-state index is 5.80. The summed E-state index contributed by atoms with van der Waals surface area (Å²) in [5.41, 5.74) is 2.23. The van der Waals surface area contributed by atoms with Crippen molar-refractivity contribution in [1.82, 2.24) is 4.98 Å². The minimum absolute atomic E-state index is 0.499. The molecule has 5 heteroatoms. The molecule has 0 saturated carbocycles. The van der Waals surface area contributed by atoms with Gasteiger partial charge >= 0.3 is 0 Å². The number of rotatable bonds is 4. The first-order valence-corrected chi connectivity index (χ1v) is 7.97. The van der Waals surface area contributed by atoms with Gasteiger partial charge < -0.3 is 4.74 Å². The summed E-state index contributed by atoms with van der Waals surface area (Å²) in [4.78, 5) is 4.06. The zero-order chi connectivity index (χ0) is 13.0. The van der Waals surface area contributed by atoms with Crippen molar-refractivity contribution in [2.24, 2.45) is 0 Å². The molecule has 1 aromatic carbocycles. The van der Waals surface area contributed by atoms with Crippen LogP contribution in [0.15, 0.2) is 45.6 Å². The molecule has 0 N–H and O–H groups in total. The van der Waals surface area contributed by atoms with E-state index in [4.69, 9.17) is 4.74 Å². The second kappa shape index (κ2) is 6.68. The van der Waals surface area contributed by atoms with Crippen LogP contribution < -0.4 is 4.74 Å². The van der Waals surface area contributed by atoms with Gasteiger partial charge in [-0.2, -0.15) is 0 Å². The van der Waals surface area contributed by atoms with Crippen LogP contribution in [-0.2, 0) is 11.9 Å². The zero-order valence-corrected chi connectivity index (χ0v) is 14.1. The third-order valence-electron chi connectivity index (χ3n) is 2.32. The molecule has 0 spiro atoms. The Labute approximate surface area is 131 Å². The lowest BCUT2D eigenvalue weighted by atomic mass is 10.2. The van der Waals surface area contributed by atoms with Crippen LogP contribution in [0.2, 0.25) is 0 Å². The van der Waals surface area contributed by atoms with E-state index in [0.29, 0.717) is 6.61 Å². The number of hydrogen-bond donors (Lipinski definition) is 0. The fraction of sp³-hybridized carbons (Fsp3) is 0.154. The molecule has 0 fully saturated rings. The minimum atomic E-state index is 0.499. The van der Waals surface area contributed by atoms with Crippen molar-refractivity contribution < 1.29 is 4.74 Å². The van der Waals surface area contributed by atoms with E-state index in [-0.39, 0.29) is 0 Å². The lowest BCUT2D eigenvalue weighted by Crippen LogP contribution is -1.97. The number of ether oxygens (including phenoxy) is 1. The summed E-state index contributed by atoms with van der Waals surface area (Å²) >= 11 is 10.5. The van der Waals surface area contributed by atoms with Crippen molar-refractivity contribution in [3.8, 4) is 5.75 Å². The van der Waals surface area contributed by atoms with Crippen molar-refractivity contribution in [1.29, 1.82) is 0 Å². The van der Waals surface area contributed by atoms with Gasteiger partial charge in [0.1, 0.15) is 12.4 Å². The van der Waals surface area contributed by atoms with E-state index in [0.717, 1.165) is 25.6 Å². The summed E-state index contributed by atoms with van der Waals surface area (Å²) in [7, 11) is 0. The van der Waals surface area contributed by atoms with E-state index in [2.05, 4.69) is 52.8 Å². The van der Waals surface area contributed by atoms with E-state index >= 15 is 0 Å². The summed E-state index contributed by atoms with van der Waals surface area (Å²) in [6, 6.07) is 7.97. The Balaban J connectivity index is 2.15. The van der Waals surface area contributed by atoms with Gasteiger partial charge in [0.2, 0.25) is 0 Å². The van der Waals surface area contributed by atoms with E-state index in [9.17, 15) is 0 Å². The Morgan fingerprint density at radius 1 is 1.11 bits per heavy atom. The van der Waals surface area contributed by atoms with Crippen LogP contribution in [0.1, 0.15) is 11.1 Å². The molecular weight excluding hydrogens is 426 g/mol.